The monoisotopic (exact) mass is 409 g/mol. The predicted molar refractivity (Wildman–Crippen MR) is 120 cm³/mol. The molecule has 2 fully saturated rings. The molecule has 0 radical (unpaired) electrons. The first kappa shape index (κ1) is 21.1. The van der Waals surface area contributed by atoms with E-state index in [1.165, 1.54) is 18.4 Å². The lowest BCUT2D eigenvalue weighted by Gasteiger charge is -2.36. The molecule has 1 aliphatic carbocycles. The van der Waals surface area contributed by atoms with E-state index in [1.54, 1.807) is 4.90 Å². The molecule has 1 saturated heterocycles. The zero-order chi connectivity index (χ0) is 21.3. The van der Waals surface area contributed by atoms with Crippen molar-refractivity contribution in [1.29, 1.82) is 0 Å². The van der Waals surface area contributed by atoms with E-state index >= 15 is 0 Å². The first-order valence-electron chi connectivity index (χ1n) is 11.7. The summed E-state index contributed by atoms with van der Waals surface area (Å²) in [6, 6.07) is 6.20. The van der Waals surface area contributed by atoms with E-state index in [4.69, 9.17) is 0 Å². The van der Waals surface area contributed by atoms with Crippen LogP contribution in [0.2, 0.25) is 0 Å². The number of hydrogen-bond acceptors (Lipinski definition) is 4. The number of carbonyl (C=O) groups is 2. The highest BCUT2D eigenvalue weighted by atomic mass is 16.2. The predicted octanol–water partition coefficient (Wildman–Crippen LogP) is 3.74. The van der Waals surface area contributed by atoms with E-state index in [0.717, 1.165) is 69.5 Å². The van der Waals surface area contributed by atoms with Gasteiger partial charge in [-0.05, 0) is 49.9 Å². The maximum atomic E-state index is 13.7. The van der Waals surface area contributed by atoms with Crippen LogP contribution in [0.1, 0.15) is 62.1 Å². The zero-order valence-corrected chi connectivity index (χ0v) is 18.7. The summed E-state index contributed by atoms with van der Waals surface area (Å²) in [5.41, 5.74) is 4.51. The van der Waals surface area contributed by atoms with E-state index in [1.807, 2.05) is 6.07 Å². The Morgan fingerprint density at radius 1 is 0.867 bits per heavy atom. The van der Waals surface area contributed by atoms with Crippen molar-refractivity contribution in [3.8, 4) is 0 Å². The van der Waals surface area contributed by atoms with Crippen molar-refractivity contribution in [2.45, 2.75) is 65.3 Å². The fraction of sp³-hybridized carbons (Fsp3) is 0.600. The average Bonchev–Trinajstić information content (AvgIpc) is 2.92. The number of hydrogen-bond donors (Lipinski definition) is 0. The number of piperazine rings is 1. The van der Waals surface area contributed by atoms with Crippen molar-refractivity contribution < 1.29 is 9.59 Å². The van der Waals surface area contributed by atoms with Crippen LogP contribution in [-0.4, -0.2) is 65.3 Å². The second-order valence-corrected chi connectivity index (χ2v) is 9.07. The Kier molecular flexibility index (Phi) is 6.28. The molecule has 3 aliphatic rings. The van der Waals surface area contributed by atoms with Crippen molar-refractivity contribution in [3.05, 3.63) is 40.6 Å². The lowest BCUT2D eigenvalue weighted by Crippen LogP contribution is -2.48. The number of amides is 2. The molecule has 2 amide bonds. The quantitative estimate of drug-likeness (QED) is 0.561. The van der Waals surface area contributed by atoms with Crippen LogP contribution < -0.4 is 0 Å². The summed E-state index contributed by atoms with van der Waals surface area (Å²) in [6.45, 7) is 10.8. The summed E-state index contributed by atoms with van der Waals surface area (Å²) in [4.78, 5) is 33.6. The fourth-order valence-corrected chi connectivity index (χ4v) is 5.12. The molecule has 0 aromatic heterocycles. The van der Waals surface area contributed by atoms with Crippen LogP contribution in [0.3, 0.4) is 0 Å². The summed E-state index contributed by atoms with van der Waals surface area (Å²) >= 11 is 0. The topological polar surface area (TPSA) is 43.9 Å². The van der Waals surface area contributed by atoms with E-state index in [-0.39, 0.29) is 17.9 Å². The van der Waals surface area contributed by atoms with E-state index in [2.05, 4.69) is 42.7 Å². The largest absolute Gasteiger partial charge is 0.364 e. The van der Waals surface area contributed by atoms with Gasteiger partial charge in [0.25, 0.3) is 11.8 Å². The van der Waals surface area contributed by atoms with Crippen LogP contribution >= 0.6 is 0 Å². The third-order valence-electron chi connectivity index (χ3n) is 7.21. The molecule has 0 N–H and O–H groups in total. The van der Waals surface area contributed by atoms with Crippen LogP contribution in [0.25, 0.3) is 5.57 Å². The molecule has 1 aromatic rings. The molecule has 1 aromatic carbocycles. The Labute approximate surface area is 180 Å². The molecular weight excluding hydrogens is 374 g/mol. The van der Waals surface area contributed by atoms with Gasteiger partial charge in [0.05, 0.1) is 5.57 Å². The van der Waals surface area contributed by atoms with E-state index in [9.17, 15) is 9.59 Å². The van der Waals surface area contributed by atoms with Gasteiger partial charge >= 0.3 is 0 Å². The standard InChI is InChI=1S/C25H35N3O2/c1-4-26-13-15-27(16-14-26)23-22(20-12-11-18(2)19(3)17-20)24(29)28(25(23)30)21-9-7-5-6-8-10-21/h11-12,17,21H,4-10,13-16H2,1-3H3. The first-order valence-corrected chi connectivity index (χ1v) is 11.7. The van der Waals surface area contributed by atoms with Crippen molar-refractivity contribution in [1.82, 2.24) is 14.7 Å². The normalized spacial score (nSPS) is 22.2. The highest BCUT2D eigenvalue weighted by Crippen LogP contribution is 2.36. The number of aryl methyl sites for hydroxylation is 2. The molecule has 1 saturated carbocycles. The van der Waals surface area contributed by atoms with Gasteiger partial charge in [0, 0.05) is 32.2 Å². The SMILES string of the molecule is CCN1CCN(C2=C(c3ccc(C)c(C)c3)C(=O)N(C3CCCCCC3)C2=O)CC1. The summed E-state index contributed by atoms with van der Waals surface area (Å²) in [5.74, 6) is -0.145. The third kappa shape index (κ3) is 3.92. The zero-order valence-electron chi connectivity index (χ0n) is 18.7. The molecule has 2 heterocycles. The first-order chi connectivity index (χ1) is 14.5. The highest BCUT2D eigenvalue weighted by Gasteiger charge is 2.45. The van der Waals surface area contributed by atoms with Crippen molar-refractivity contribution in [3.63, 3.8) is 0 Å². The van der Waals surface area contributed by atoms with Gasteiger partial charge in [-0.1, -0.05) is 50.8 Å². The van der Waals surface area contributed by atoms with Gasteiger partial charge < -0.3 is 9.80 Å². The summed E-state index contributed by atoms with van der Waals surface area (Å²) in [7, 11) is 0. The Morgan fingerprint density at radius 2 is 1.53 bits per heavy atom. The van der Waals surface area contributed by atoms with Crippen LogP contribution in [0.15, 0.2) is 23.9 Å². The van der Waals surface area contributed by atoms with Gasteiger partial charge in [-0.15, -0.1) is 0 Å². The van der Waals surface area contributed by atoms with Gasteiger partial charge in [-0.3, -0.25) is 14.5 Å². The van der Waals surface area contributed by atoms with Crippen LogP contribution in [0.5, 0.6) is 0 Å². The number of likely N-dealkylation sites (N-methyl/N-ethyl adjacent to an activating group) is 1. The summed E-state index contributed by atoms with van der Waals surface area (Å²) < 4.78 is 0. The summed E-state index contributed by atoms with van der Waals surface area (Å²) in [5, 5.41) is 0. The minimum absolute atomic E-state index is 0.0449. The molecule has 0 spiro atoms. The second kappa shape index (κ2) is 8.93. The summed E-state index contributed by atoms with van der Waals surface area (Å²) in [6.07, 6.45) is 6.49. The molecular formula is C25H35N3O2. The number of carbonyl (C=O) groups excluding carboxylic acids is 2. The van der Waals surface area contributed by atoms with Gasteiger partial charge in [-0.2, -0.15) is 0 Å². The highest BCUT2D eigenvalue weighted by molar-refractivity contribution is 6.35. The van der Waals surface area contributed by atoms with Gasteiger partial charge in [0.15, 0.2) is 0 Å². The Bertz CT molecular complexity index is 844. The number of rotatable bonds is 4. The average molecular weight is 410 g/mol. The molecule has 162 valence electrons. The Morgan fingerprint density at radius 3 is 2.13 bits per heavy atom. The second-order valence-electron chi connectivity index (χ2n) is 9.07. The van der Waals surface area contributed by atoms with Gasteiger partial charge in [-0.25, -0.2) is 0 Å². The smallest absolute Gasteiger partial charge is 0.278 e. The van der Waals surface area contributed by atoms with Crippen molar-refractivity contribution in [2.75, 3.05) is 32.7 Å². The number of nitrogens with zero attached hydrogens (tertiary/aromatic N) is 3. The maximum absolute atomic E-state index is 13.7. The maximum Gasteiger partial charge on any atom is 0.278 e. The van der Waals surface area contributed by atoms with E-state index < -0.39 is 0 Å². The number of imide groups is 1. The van der Waals surface area contributed by atoms with E-state index in [0.29, 0.717) is 11.3 Å². The molecule has 0 atom stereocenters. The van der Waals surface area contributed by atoms with Crippen LogP contribution in [0.4, 0.5) is 0 Å². The molecule has 0 unspecified atom stereocenters. The lowest BCUT2D eigenvalue weighted by molar-refractivity contribution is -0.140. The minimum atomic E-state index is -0.0805. The van der Waals surface area contributed by atoms with Gasteiger partial charge in [0.1, 0.15) is 5.70 Å². The molecule has 5 nitrogen and oxygen atoms in total. The Balaban J connectivity index is 1.72. The van der Waals surface area contributed by atoms with Gasteiger partial charge in [0.2, 0.25) is 0 Å². The molecule has 0 bridgehead atoms. The molecule has 5 heteroatoms. The lowest BCUT2D eigenvalue weighted by atomic mass is 9.99. The Hall–Kier alpha value is -2.14. The third-order valence-corrected chi connectivity index (χ3v) is 7.21. The van der Waals surface area contributed by atoms with Crippen molar-refractivity contribution in [2.24, 2.45) is 0 Å². The minimum Gasteiger partial charge on any atom is -0.364 e. The van der Waals surface area contributed by atoms with Crippen LogP contribution in [0, 0.1) is 13.8 Å². The van der Waals surface area contributed by atoms with Crippen molar-refractivity contribution >= 4 is 17.4 Å². The molecule has 4 rings (SSSR count). The number of benzene rings is 1. The fourth-order valence-electron chi connectivity index (χ4n) is 5.12. The van der Waals surface area contributed by atoms with Crippen LogP contribution in [-0.2, 0) is 9.59 Å². The molecule has 30 heavy (non-hydrogen) atoms. The molecule has 2 aliphatic heterocycles.